The van der Waals surface area contributed by atoms with Gasteiger partial charge in [0.15, 0.2) is 0 Å². The van der Waals surface area contributed by atoms with E-state index in [9.17, 15) is 19.3 Å². The molecule has 1 N–H and O–H groups in total. The molecule has 0 spiro atoms. The van der Waals surface area contributed by atoms with Crippen molar-refractivity contribution < 1.29 is 51.9 Å². The zero-order valence-corrected chi connectivity index (χ0v) is 9.64. The molecule has 0 aromatic heterocycles. The minimum atomic E-state index is -1.52. The first-order chi connectivity index (χ1) is 6.02. The number of nitro benzene ring substituents is 1. The second-order valence-corrected chi connectivity index (χ2v) is 2.22. The minimum absolute atomic E-state index is 0. The Morgan fingerprint density at radius 2 is 2.07 bits per heavy atom. The average Bonchev–Trinajstić information content (AvgIpc) is 2.03. The molecule has 0 amide bonds. The molecule has 0 saturated heterocycles. The summed E-state index contributed by atoms with van der Waals surface area (Å²) in [5.41, 5.74) is -1.26. The third-order valence-corrected chi connectivity index (χ3v) is 1.39. The summed E-state index contributed by atoms with van der Waals surface area (Å²) in [6.07, 6.45) is 0. The van der Waals surface area contributed by atoms with Crippen molar-refractivity contribution in [3.63, 3.8) is 0 Å². The zero-order chi connectivity index (χ0) is 10.0. The molecule has 1 rings (SSSR count). The summed E-state index contributed by atoms with van der Waals surface area (Å²) in [7, 11) is 0. The molecule has 0 aliphatic rings. The molecule has 0 aliphatic heterocycles. The van der Waals surface area contributed by atoms with Crippen molar-refractivity contribution in [2.45, 2.75) is 0 Å². The van der Waals surface area contributed by atoms with Crippen LogP contribution in [0.25, 0.3) is 0 Å². The van der Waals surface area contributed by atoms with E-state index < -0.39 is 28.0 Å². The number of hydrogen-bond acceptors (Lipinski definition) is 3. The maximum atomic E-state index is 12.5. The van der Waals surface area contributed by atoms with Gasteiger partial charge in [-0.2, -0.15) is 0 Å². The fraction of sp³-hybridized carbons (Fsp3) is 0. The van der Waals surface area contributed by atoms with E-state index in [4.69, 9.17) is 5.11 Å². The van der Waals surface area contributed by atoms with Crippen LogP contribution in [-0.4, -0.2) is 16.0 Å². The van der Waals surface area contributed by atoms with Gasteiger partial charge in [-0.05, 0) is 12.1 Å². The SMILES string of the molecule is O=C(O)c1cc(F)ccc1[N+](=O)[O-].[Y]. The Hall–Kier alpha value is -0.876. The van der Waals surface area contributed by atoms with Gasteiger partial charge in [0.25, 0.3) is 5.69 Å². The van der Waals surface area contributed by atoms with Gasteiger partial charge in [-0.25, -0.2) is 9.18 Å². The number of nitro groups is 1. The molecule has 1 aromatic rings. The Labute approximate surface area is 103 Å². The van der Waals surface area contributed by atoms with Gasteiger partial charge in [0, 0.05) is 38.8 Å². The molecule has 14 heavy (non-hydrogen) atoms. The van der Waals surface area contributed by atoms with Crippen LogP contribution in [0.4, 0.5) is 10.1 Å². The van der Waals surface area contributed by atoms with Gasteiger partial charge in [0.2, 0.25) is 0 Å². The van der Waals surface area contributed by atoms with Gasteiger partial charge in [-0.15, -0.1) is 0 Å². The summed E-state index contributed by atoms with van der Waals surface area (Å²) in [5, 5.41) is 18.7. The number of carboxylic acids is 1. The van der Waals surface area contributed by atoms with E-state index in [1.807, 2.05) is 0 Å². The Morgan fingerprint density at radius 1 is 1.50 bits per heavy atom. The predicted octanol–water partition coefficient (Wildman–Crippen LogP) is 1.43. The minimum Gasteiger partial charge on any atom is -0.477 e. The standard InChI is InChI=1S/C7H4FNO4.Y/c8-4-1-2-6(9(12)13)5(3-4)7(10)11;/h1-3H,(H,10,11);. The third kappa shape index (κ3) is 2.82. The fourth-order valence-electron chi connectivity index (χ4n) is 0.839. The predicted molar refractivity (Wildman–Crippen MR) is 40.0 cm³/mol. The molecule has 0 aliphatic carbocycles. The van der Waals surface area contributed by atoms with Crippen molar-refractivity contribution in [2.24, 2.45) is 0 Å². The zero-order valence-electron chi connectivity index (χ0n) is 6.81. The largest absolute Gasteiger partial charge is 0.477 e. The van der Waals surface area contributed by atoms with E-state index in [2.05, 4.69) is 0 Å². The molecule has 0 unspecified atom stereocenters. The van der Waals surface area contributed by atoms with E-state index in [-0.39, 0.29) is 32.7 Å². The van der Waals surface area contributed by atoms with Crippen LogP contribution in [0, 0.1) is 15.9 Å². The van der Waals surface area contributed by atoms with E-state index >= 15 is 0 Å². The topological polar surface area (TPSA) is 80.4 Å². The van der Waals surface area contributed by atoms with Crippen LogP contribution >= 0.6 is 0 Å². The van der Waals surface area contributed by atoms with Crippen LogP contribution < -0.4 is 0 Å². The maximum Gasteiger partial charge on any atom is 0.342 e. The van der Waals surface area contributed by atoms with Crippen molar-refractivity contribution >= 4 is 11.7 Å². The van der Waals surface area contributed by atoms with Gasteiger partial charge in [-0.3, -0.25) is 10.1 Å². The van der Waals surface area contributed by atoms with E-state index in [1.54, 1.807) is 0 Å². The first-order valence-corrected chi connectivity index (χ1v) is 3.19. The van der Waals surface area contributed by atoms with Gasteiger partial charge < -0.3 is 5.11 Å². The quantitative estimate of drug-likeness (QED) is 0.653. The molecule has 0 atom stereocenters. The van der Waals surface area contributed by atoms with Crippen LogP contribution in [0.5, 0.6) is 0 Å². The van der Waals surface area contributed by atoms with Gasteiger partial charge >= 0.3 is 5.97 Å². The number of aromatic carboxylic acids is 1. The first-order valence-electron chi connectivity index (χ1n) is 3.19. The van der Waals surface area contributed by atoms with Crippen LogP contribution in [0.3, 0.4) is 0 Å². The van der Waals surface area contributed by atoms with Crippen molar-refractivity contribution in [1.29, 1.82) is 0 Å². The Balaban J connectivity index is 0.00000169. The molecule has 1 radical (unpaired) electrons. The Bertz CT molecular complexity index is 382. The first kappa shape index (κ1) is 13.1. The van der Waals surface area contributed by atoms with Gasteiger partial charge in [0.05, 0.1) is 4.92 Å². The number of halogens is 1. The van der Waals surface area contributed by atoms with Gasteiger partial charge in [0.1, 0.15) is 11.4 Å². The van der Waals surface area contributed by atoms with E-state index in [0.29, 0.717) is 6.07 Å². The second kappa shape index (κ2) is 5.12. The summed E-state index contributed by atoms with van der Waals surface area (Å²) in [6.45, 7) is 0. The van der Waals surface area contributed by atoms with Crippen molar-refractivity contribution in [2.75, 3.05) is 0 Å². The molecule has 0 bridgehead atoms. The van der Waals surface area contributed by atoms with Crippen LogP contribution in [-0.2, 0) is 32.7 Å². The monoisotopic (exact) mass is 274 g/mol. The smallest absolute Gasteiger partial charge is 0.342 e. The van der Waals surface area contributed by atoms with E-state index in [0.717, 1.165) is 12.1 Å². The molecule has 7 heteroatoms. The normalized spacial score (nSPS) is 8.93. The Kier molecular flexibility index (Phi) is 4.80. The number of hydrogen-bond donors (Lipinski definition) is 1. The summed E-state index contributed by atoms with van der Waals surface area (Å²) >= 11 is 0. The van der Waals surface area contributed by atoms with Crippen LogP contribution in [0.1, 0.15) is 10.4 Å². The molecule has 0 saturated carbocycles. The van der Waals surface area contributed by atoms with Crippen LogP contribution in [0.15, 0.2) is 18.2 Å². The number of nitrogens with zero attached hydrogens (tertiary/aromatic N) is 1. The van der Waals surface area contributed by atoms with Crippen LogP contribution in [0.2, 0.25) is 0 Å². The van der Waals surface area contributed by atoms with Crippen molar-refractivity contribution in [3.8, 4) is 0 Å². The Morgan fingerprint density at radius 3 is 2.50 bits per heavy atom. The molecule has 1 aromatic carbocycles. The number of carbonyl (C=O) groups is 1. The molecular formula is C7H4FNO4Y. The molecule has 0 fully saturated rings. The van der Waals surface area contributed by atoms with E-state index in [1.165, 1.54) is 0 Å². The summed E-state index contributed by atoms with van der Waals surface area (Å²) in [6, 6.07) is 2.27. The fourth-order valence-corrected chi connectivity index (χ4v) is 0.839. The van der Waals surface area contributed by atoms with Gasteiger partial charge in [-0.1, -0.05) is 0 Å². The average molecular weight is 274 g/mol. The van der Waals surface area contributed by atoms with Crippen molar-refractivity contribution in [3.05, 3.63) is 39.7 Å². The summed E-state index contributed by atoms with van der Waals surface area (Å²) in [5.74, 6) is -2.34. The third-order valence-electron chi connectivity index (χ3n) is 1.39. The molecule has 5 nitrogen and oxygen atoms in total. The molecular weight excluding hydrogens is 270 g/mol. The summed E-state index contributed by atoms with van der Waals surface area (Å²) < 4.78 is 12.5. The van der Waals surface area contributed by atoms with Crippen molar-refractivity contribution in [1.82, 2.24) is 0 Å². The number of benzene rings is 1. The number of carboxylic acid groups (broad SMARTS) is 1. The molecule has 0 heterocycles. The summed E-state index contributed by atoms with van der Waals surface area (Å²) in [4.78, 5) is 19.8. The second-order valence-electron chi connectivity index (χ2n) is 2.22. The maximum absolute atomic E-state index is 12.5. The number of rotatable bonds is 2. The molecule has 71 valence electrons.